The van der Waals surface area contributed by atoms with E-state index in [4.69, 9.17) is 15.4 Å². The summed E-state index contributed by atoms with van der Waals surface area (Å²) in [5.41, 5.74) is -1.10. The van der Waals surface area contributed by atoms with Crippen molar-refractivity contribution in [2.45, 2.75) is 40.0 Å². The van der Waals surface area contributed by atoms with Crippen molar-refractivity contribution in [3.63, 3.8) is 0 Å². The molecule has 0 N–H and O–H groups in total. The number of carbonyl (C=O) groups excluding carboxylic acids is 1. The summed E-state index contributed by atoms with van der Waals surface area (Å²) < 4.78 is 0. The van der Waals surface area contributed by atoms with Crippen molar-refractivity contribution < 1.29 is 9.63 Å². The summed E-state index contributed by atoms with van der Waals surface area (Å²) in [7, 11) is 0. The number of rotatable bonds is 2. The van der Waals surface area contributed by atoms with Crippen molar-refractivity contribution in [3.05, 3.63) is 0 Å². The highest BCUT2D eigenvalue weighted by molar-refractivity contribution is 5.75. The lowest BCUT2D eigenvalue weighted by Gasteiger charge is -2.35. The van der Waals surface area contributed by atoms with Gasteiger partial charge in [0.2, 0.25) is 0 Å². The van der Waals surface area contributed by atoms with E-state index in [1.54, 1.807) is 25.8 Å². The largest absolute Gasteiger partial charge is 0.367 e. The van der Waals surface area contributed by atoms with Crippen molar-refractivity contribution in [2.24, 2.45) is 10.8 Å². The van der Waals surface area contributed by atoms with Crippen molar-refractivity contribution in [3.8, 4) is 12.1 Å². The summed E-state index contributed by atoms with van der Waals surface area (Å²) in [4.78, 5) is 17.0. The summed E-state index contributed by atoms with van der Waals surface area (Å²) in [5, 5.41) is 19.5. The molecule has 0 saturated carbocycles. The first kappa shape index (κ1) is 14.5. The van der Waals surface area contributed by atoms with Crippen molar-refractivity contribution in [2.75, 3.05) is 13.1 Å². The number of hydroxylamine groups is 2. The predicted molar refractivity (Wildman–Crippen MR) is 64.6 cm³/mol. The number of nitriles is 2. The molecule has 0 aliphatic carbocycles. The van der Waals surface area contributed by atoms with E-state index in [-0.39, 0.29) is 12.4 Å². The van der Waals surface area contributed by atoms with Crippen LogP contribution in [0.25, 0.3) is 0 Å². The average Bonchev–Trinajstić information content (AvgIpc) is 2.31. The predicted octanol–water partition coefficient (Wildman–Crippen LogP) is 2.01. The average molecular weight is 249 g/mol. The van der Waals surface area contributed by atoms with Gasteiger partial charge in [-0.25, -0.2) is 4.79 Å². The van der Waals surface area contributed by atoms with Gasteiger partial charge in [-0.3, -0.25) is 0 Å². The van der Waals surface area contributed by atoms with Gasteiger partial charge in [-0.1, -0.05) is 0 Å². The van der Waals surface area contributed by atoms with Crippen LogP contribution in [0.4, 0.5) is 0 Å². The minimum atomic E-state index is -0.570. The van der Waals surface area contributed by atoms with Crippen LogP contribution < -0.4 is 0 Å². The molecule has 0 aromatic rings. The number of piperidine rings is 1. The Balaban J connectivity index is 2.53. The minimum Gasteiger partial charge on any atom is -0.367 e. The standard InChI is InChI=1S/C13H19N3O2/c1-12(2,3)11(17)18-16-8-5-13(10-15,4-7-14)6-9-16/h4-6,8-9H2,1-3H3. The highest BCUT2D eigenvalue weighted by Crippen LogP contribution is 2.34. The molecule has 5 nitrogen and oxygen atoms in total. The molecular formula is C13H19N3O2. The fraction of sp³-hybridized carbons (Fsp3) is 0.769. The van der Waals surface area contributed by atoms with Crippen LogP contribution in [0.3, 0.4) is 0 Å². The van der Waals surface area contributed by atoms with E-state index in [1.807, 2.05) is 0 Å². The molecule has 1 aliphatic heterocycles. The van der Waals surface area contributed by atoms with Gasteiger partial charge >= 0.3 is 5.97 Å². The molecule has 5 heteroatoms. The Hall–Kier alpha value is -1.59. The van der Waals surface area contributed by atoms with Gasteiger partial charge in [-0.2, -0.15) is 10.5 Å². The van der Waals surface area contributed by atoms with Crippen molar-refractivity contribution >= 4 is 5.97 Å². The highest BCUT2D eigenvalue weighted by Gasteiger charge is 2.36. The topological polar surface area (TPSA) is 77.1 Å². The van der Waals surface area contributed by atoms with Gasteiger partial charge in [-0.15, -0.1) is 5.06 Å². The monoisotopic (exact) mass is 249 g/mol. The van der Waals surface area contributed by atoms with Crippen LogP contribution in [0.15, 0.2) is 0 Å². The molecule has 1 saturated heterocycles. The van der Waals surface area contributed by atoms with Crippen LogP contribution in [-0.4, -0.2) is 24.1 Å². The molecule has 0 bridgehead atoms. The van der Waals surface area contributed by atoms with Crippen LogP contribution in [-0.2, 0) is 9.63 Å². The van der Waals surface area contributed by atoms with E-state index in [9.17, 15) is 4.79 Å². The van der Waals surface area contributed by atoms with Gasteiger partial charge in [0.25, 0.3) is 0 Å². The van der Waals surface area contributed by atoms with E-state index < -0.39 is 10.8 Å². The van der Waals surface area contributed by atoms with Crippen LogP contribution in [0.2, 0.25) is 0 Å². The molecule has 1 heterocycles. The fourth-order valence-electron chi connectivity index (χ4n) is 1.74. The van der Waals surface area contributed by atoms with Gasteiger partial charge in [0.15, 0.2) is 0 Å². The summed E-state index contributed by atoms with van der Waals surface area (Å²) in [6, 6.07) is 4.29. The first-order valence-electron chi connectivity index (χ1n) is 6.08. The molecular weight excluding hydrogens is 230 g/mol. The zero-order valence-electron chi connectivity index (χ0n) is 11.2. The molecule has 0 aromatic heterocycles. The molecule has 0 radical (unpaired) electrons. The third-order valence-electron chi connectivity index (χ3n) is 3.16. The Kier molecular flexibility index (Phi) is 4.32. The van der Waals surface area contributed by atoms with Gasteiger partial charge in [0.05, 0.1) is 29.4 Å². The first-order chi connectivity index (χ1) is 8.33. The zero-order chi connectivity index (χ0) is 13.8. The number of hydrogen-bond acceptors (Lipinski definition) is 5. The zero-order valence-corrected chi connectivity index (χ0v) is 11.2. The Morgan fingerprint density at radius 3 is 2.28 bits per heavy atom. The Morgan fingerprint density at radius 2 is 1.89 bits per heavy atom. The van der Waals surface area contributed by atoms with E-state index in [2.05, 4.69) is 12.1 Å². The quantitative estimate of drug-likeness (QED) is 0.748. The molecule has 0 amide bonds. The Labute approximate surface area is 108 Å². The van der Waals surface area contributed by atoms with E-state index in [1.165, 1.54) is 0 Å². The van der Waals surface area contributed by atoms with Crippen LogP contribution in [0.5, 0.6) is 0 Å². The van der Waals surface area contributed by atoms with Crippen LogP contribution in [0, 0.1) is 33.5 Å². The molecule has 18 heavy (non-hydrogen) atoms. The maximum atomic E-state index is 11.7. The van der Waals surface area contributed by atoms with E-state index in [0.29, 0.717) is 25.9 Å². The van der Waals surface area contributed by atoms with E-state index >= 15 is 0 Å². The molecule has 0 atom stereocenters. The summed E-state index contributed by atoms with van der Waals surface area (Å²) in [5.74, 6) is -0.271. The smallest absolute Gasteiger partial charge is 0.330 e. The summed E-state index contributed by atoms with van der Waals surface area (Å²) in [6.45, 7) is 6.42. The maximum Gasteiger partial charge on any atom is 0.330 e. The second-order valence-electron chi connectivity index (χ2n) is 5.78. The van der Waals surface area contributed by atoms with Gasteiger partial charge in [0.1, 0.15) is 0 Å². The maximum absolute atomic E-state index is 11.7. The molecule has 0 aromatic carbocycles. The Morgan fingerprint density at radius 1 is 1.33 bits per heavy atom. The fourth-order valence-corrected chi connectivity index (χ4v) is 1.74. The molecule has 98 valence electrons. The van der Waals surface area contributed by atoms with Crippen molar-refractivity contribution in [1.82, 2.24) is 5.06 Å². The SMILES string of the molecule is CC(C)(C)C(=O)ON1CCC(C#N)(CC#N)CC1. The number of nitrogens with zero attached hydrogens (tertiary/aromatic N) is 3. The van der Waals surface area contributed by atoms with Gasteiger partial charge < -0.3 is 4.84 Å². The second kappa shape index (κ2) is 5.37. The molecule has 1 fully saturated rings. The molecule has 1 aliphatic rings. The second-order valence-corrected chi connectivity index (χ2v) is 5.78. The van der Waals surface area contributed by atoms with Gasteiger partial charge in [-0.05, 0) is 33.6 Å². The van der Waals surface area contributed by atoms with E-state index in [0.717, 1.165) is 0 Å². The van der Waals surface area contributed by atoms with Crippen molar-refractivity contribution in [1.29, 1.82) is 10.5 Å². The first-order valence-corrected chi connectivity index (χ1v) is 6.08. The molecule has 0 unspecified atom stereocenters. The molecule has 0 spiro atoms. The molecule has 1 rings (SSSR count). The van der Waals surface area contributed by atoms with Crippen LogP contribution in [0.1, 0.15) is 40.0 Å². The summed E-state index contributed by atoms with van der Waals surface area (Å²) in [6.07, 6.45) is 1.37. The third kappa shape index (κ3) is 3.45. The lowest BCUT2D eigenvalue weighted by Crippen LogP contribution is -2.42. The normalized spacial score (nSPS) is 19.6. The lowest BCUT2D eigenvalue weighted by molar-refractivity contribution is -0.207. The third-order valence-corrected chi connectivity index (χ3v) is 3.16. The summed E-state index contributed by atoms with van der Waals surface area (Å²) >= 11 is 0. The number of hydrogen-bond donors (Lipinski definition) is 0. The minimum absolute atomic E-state index is 0.241. The Bertz CT molecular complexity index is 390. The van der Waals surface area contributed by atoms with Crippen LogP contribution >= 0.6 is 0 Å². The lowest BCUT2D eigenvalue weighted by atomic mass is 9.78. The number of carbonyl (C=O) groups is 1. The highest BCUT2D eigenvalue weighted by atomic mass is 16.7. The van der Waals surface area contributed by atoms with Gasteiger partial charge in [0, 0.05) is 13.1 Å².